The molecule has 0 saturated carbocycles. The minimum absolute atomic E-state index is 0.183. The summed E-state index contributed by atoms with van der Waals surface area (Å²) in [6.07, 6.45) is 2.05. The topological polar surface area (TPSA) is 66.8 Å². The third-order valence-corrected chi connectivity index (χ3v) is 5.21. The smallest absolute Gasteiger partial charge is 0.308 e. The number of ether oxygens (including phenoxy) is 1. The van der Waals surface area contributed by atoms with Crippen LogP contribution in [0.4, 0.5) is 0 Å². The third kappa shape index (κ3) is 5.10. The van der Waals surface area contributed by atoms with E-state index in [0.717, 1.165) is 10.9 Å². The van der Waals surface area contributed by atoms with E-state index in [1.54, 1.807) is 17.0 Å². The van der Waals surface area contributed by atoms with E-state index < -0.39 is 11.9 Å². The Morgan fingerprint density at radius 2 is 1.96 bits per heavy atom. The highest BCUT2D eigenvalue weighted by atomic mass is 79.9. The van der Waals surface area contributed by atoms with Crippen LogP contribution in [-0.2, 0) is 11.2 Å². The Morgan fingerprint density at radius 1 is 1.19 bits per heavy atom. The summed E-state index contributed by atoms with van der Waals surface area (Å²) >= 11 is 3.41. The van der Waals surface area contributed by atoms with Gasteiger partial charge >= 0.3 is 5.97 Å². The number of aliphatic carboxylic acids is 1. The second kappa shape index (κ2) is 9.04. The molecular weight excluding hydrogens is 410 g/mol. The van der Waals surface area contributed by atoms with E-state index in [2.05, 4.69) is 15.9 Å². The first-order valence-corrected chi connectivity index (χ1v) is 9.82. The molecule has 0 radical (unpaired) electrons. The maximum absolute atomic E-state index is 13.0. The molecule has 142 valence electrons. The molecule has 1 heterocycles. The molecule has 5 nitrogen and oxygen atoms in total. The van der Waals surface area contributed by atoms with Gasteiger partial charge in [-0.1, -0.05) is 46.3 Å². The summed E-state index contributed by atoms with van der Waals surface area (Å²) in [4.78, 5) is 25.9. The summed E-state index contributed by atoms with van der Waals surface area (Å²) in [5.41, 5.74) is 1.63. The lowest BCUT2D eigenvalue weighted by Gasteiger charge is -2.31. The number of carbonyl (C=O) groups is 2. The van der Waals surface area contributed by atoms with Gasteiger partial charge in [-0.25, -0.2) is 0 Å². The SMILES string of the molecule is O=C(O)C1CCCN(C(=O)c2cc(Br)ccc2OCCc2ccccc2)C1. The summed E-state index contributed by atoms with van der Waals surface area (Å²) in [7, 11) is 0. The molecule has 1 atom stereocenters. The van der Waals surface area contributed by atoms with Crippen LogP contribution >= 0.6 is 15.9 Å². The maximum Gasteiger partial charge on any atom is 0.308 e. The van der Waals surface area contributed by atoms with Crippen molar-refractivity contribution in [3.8, 4) is 5.75 Å². The first-order valence-electron chi connectivity index (χ1n) is 9.03. The van der Waals surface area contributed by atoms with E-state index in [4.69, 9.17) is 4.74 Å². The van der Waals surface area contributed by atoms with E-state index in [1.165, 1.54) is 5.56 Å². The maximum atomic E-state index is 13.0. The van der Waals surface area contributed by atoms with Crippen molar-refractivity contribution in [2.45, 2.75) is 19.3 Å². The number of nitrogens with zero attached hydrogens (tertiary/aromatic N) is 1. The molecule has 1 saturated heterocycles. The van der Waals surface area contributed by atoms with Crippen molar-refractivity contribution >= 4 is 27.8 Å². The van der Waals surface area contributed by atoms with Gasteiger partial charge in [0, 0.05) is 24.0 Å². The molecule has 1 fully saturated rings. The number of rotatable bonds is 6. The van der Waals surface area contributed by atoms with Gasteiger partial charge in [-0.2, -0.15) is 0 Å². The molecule has 2 aromatic carbocycles. The number of carbonyl (C=O) groups excluding carboxylic acids is 1. The fraction of sp³-hybridized carbons (Fsp3) is 0.333. The number of likely N-dealkylation sites (tertiary alicyclic amines) is 1. The quantitative estimate of drug-likeness (QED) is 0.749. The van der Waals surface area contributed by atoms with Crippen molar-refractivity contribution in [2.75, 3.05) is 19.7 Å². The van der Waals surface area contributed by atoms with Gasteiger partial charge in [0.25, 0.3) is 5.91 Å². The standard InChI is InChI=1S/C21H22BrNO4/c22-17-8-9-19(27-12-10-15-5-2-1-3-6-15)18(13-17)20(24)23-11-4-7-16(14-23)21(25)26/h1-3,5-6,8-9,13,16H,4,7,10-12,14H2,(H,25,26). The highest BCUT2D eigenvalue weighted by molar-refractivity contribution is 9.10. The van der Waals surface area contributed by atoms with E-state index in [1.807, 2.05) is 36.4 Å². The zero-order valence-corrected chi connectivity index (χ0v) is 16.5. The van der Waals surface area contributed by atoms with E-state index in [-0.39, 0.29) is 12.5 Å². The Balaban J connectivity index is 1.71. The van der Waals surface area contributed by atoms with Crippen LogP contribution < -0.4 is 4.74 Å². The number of hydrogen-bond donors (Lipinski definition) is 1. The minimum Gasteiger partial charge on any atom is -0.492 e. The molecule has 1 amide bonds. The van der Waals surface area contributed by atoms with Crippen molar-refractivity contribution in [1.29, 1.82) is 0 Å². The fourth-order valence-electron chi connectivity index (χ4n) is 3.25. The second-order valence-corrected chi connectivity index (χ2v) is 7.57. The predicted octanol–water partition coefficient (Wildman–Crippen LogP) is 4.01. The highest BCUT2D eigenvalue weighted by Gasteiger charge is 2.30. The van der Waals surface area contributed by atoms with Gasteiger partial charge < -0.3 is 14.7 Å². The van der Waals surface area contributed by atoms with Crippen LogP contribution in [0.15, 0.2) is 53.0 Å². The van der Waals surface area contributed by atoms with Crippen LogP contribution in [0.1, 0.15) is 28.8 Å². The second-order valence-electron chi connectivity index (χ2n) is 6.65. The number of benzene rings is 2. The third-order valence-electron chi connectivity index (χ3n) is 4.72. The molecule has 0 aromatic heterocycles. The Labute approximate surface area is 167 Å². The molecule has 3 rings (SSSR count). The van der Waals surface area contributed by atoms with Crippen molar-refractivity contribution < 1.29 is 19.4 Å². The lowest BCUT2D eigenvalue weighted by molar-refractivity contribution is -0.143. The Kier molecular flexibility index (Phi) is 6.50. The number of carboxylic acid groups (broad SMARTS) is 1. The molecule has 0 bridgehead atoms. The van der Waals surface area contributed by atoms with Gasteiger partial charge in [-0.3, -0.25) is 9.59 Å². The van der Waals surface area contributed by atoms with Crippen LogP contribution in [0, 0.1) is 5.92 Å². The normalized spacial score (nSPS) is 16.8. The van der Waals surface area contributed by atoms with E-state index >= 15 is 0 Å². The van der Waals surface area contributed by atoms with Crippen LogP contribution in [0.5, 0.6) is 5.75 Å². The molecule has 1 unspecified atom stereocenters. The lowest BCUT2D eigenvalue weighted by atomic mass is 9.97. The van der Waals surface area contributed by atoms with Crippen LogP contribution in [0.25, 0.3) is 0 Å². The average molecular weight is 432 g/mol. The Hall–Kier alpha value is -2.34. The van der Waals surface area contributed by atoms with E-state index in [0.29, 0.717) is 37.3 Å². The van der Waals surface area contributed by atoms with Crippen molar-refractivity contribution in [2.24, 2.45) is 5.92 Å². The first-order chi connectivity index (χ1) is 13.0. The van der Waals surface area contributed by atoms with Gasteiger partial charge in [-0.15, -0.1) is 0 Å². The molecule has 1 aliphatic rings. The zero-order valence-electron chi connectivity index (χ0n) is 14.9. The summed E-state index contributed by atoms with van der Waals surface area (Å²) in [6.45, 7) is 1.27. The number of piperidine rings is 1. The number of amides is 1. The van der Waals surface area contributed by atoms with Crippen LogP contribution in [-0.4, -0.2) is 41.6 Å². The van der Waals surface area contributed by atoms with Gasteiger partial charge in [0.1, 0.15) is 5.75 Å². The molecular formula is C21H22BrNO4. The van der Waals surface area contributed by atoms with Crippen molar-refractivity contribution in [3.63, 3.8) is 0 Å². The average Bonchev–Trinajstić information content (AvgIpc) is 2.69. The Morgan fingerprint density at radius 3 is 2.70 bits per heavy atom. The largest absolute Gasteiger partial charge is 0.492 e. The van der Waals surface area contributed by atoms with Crippen LogP contribution in [0.3, 0.4) is 0 Å². The molecule has 27 heavy (non-hydrogen) atoms. The number of hydrogen-bond acceptors (Lipinski definition) is 3. The lowest BCUT2D eigenvalue weighted by Crippen LogP contribution is -2.42. The molecule has 2 aromatic rings. The zero-order chi connectivity index (χ0) is 19.2. The highest BCUT2D eigenvalue weighted by Crippen LogP contribution is 2.27. The summed E-state index contributed by atoms with van der Waals surface area (Å²) in [5, 5.41) is 9.26. The summed E-state index contributed by atoms with van der Waals surface area (Å²) in [5.74, 6) is -1.01. The summed E-state index contributed by atoms with van der Waals surface area (Å²) in [6, 6.07) is 15.4. The fourth-order valence-corrected chi connectivity index (χ4v) is 3.61. The monoisotopic (exact) mass is 431 g/mol. The number of carboxylic acids is 1. The van der Waals surface area contributed by atoms with Crippen LogP contribution in [0.2, 0.25) is 0 Å². The van der Waals surface area contributed by atoms with Gasteiger partial charge in [0.2, 0.25) is 0 Å². The predicted molar refractivity (Wildman–Crippen MR) is 106 cm³/mol. The Bertz CT molecular complexity index is 809. The van der Waals surface area contributed by atoms with E-state index in [9.17, 15) is 14.7 Å². The van der Waals surface area contributed by atoms with Gasteiger partial charge in [0.05, 0.1) is 18.1 Å². The minimum atomic E-state index is -0.846. The first kappa shape index (κ1) is 19.4. The van der Waals surface area contributed by atoms with Gasteiger partial charge in [-0.05, 0) is 36.6 Å². The van der Waals surface area contributed by atoms with Crippen molar-refractivity contribution in [1.82, 2.24) is 4.90 Å². The molecule has 6 heteroatoms. The number of halogens is 1. The molecule has 0 spiro atoms. The summed E-state index contributed by atoms with van der Waals surface area (Å²) < 4.78 is 6.68. The van der Waals surface area contributed by atoms with Gasteiger partial charge in [0.15, 0.2) is 0 Å². The van der Waals surface area contributed by atoms with Crippen molar-refractivity contribution in [3.05, 3.63) is 64.1 Å². The molecule has 1 aliphatic heterocycles. The molecule has 1 N–H and O–H groups in total. The molecule has 0 aliphatic carbocycles.